The molecule has 1 atom stereocenters. The second-order valence-electron chi connectivity index (χ2n) is 5.86. The van der Waals surface area contributed by atoms with Gasteiger partial charge in [0.2, 0.25) is 0 Å². The molecule has 1 heterocycles. The van der Waals surface area contributed by atoms with Crippen molar-refractivity contribution in [3.05, 3.63) is 57.0 Å². The minimum Gasteiger partial charge on any atom is -0.383 e. The fourth-order valence-corrected chi connectivity index (χ4v) is 3.07. The molecule has 1 aromatic heterocycles. The van der Waals surface area contributed by atoms with Crippen molar-refractivity contribution in [2.24, 2.45) is 0 Å². The molecule has 3 heteroatoms. The van der Waals surface area contributed by atoms with E-state index in [-0.39, 0.29) is 11.2 Å². The number of hydrogen-bond acceptors (Lipinski definition) is 2. The highest BCUT2D eigenvalue weighted by molar-refractivity contribution is 7.12. The Labute approximate surface area is 117 Å². The first-order valence-corrected chi connectivity index (χ1v) is 7.15. The molecule has 0 saturated heterocycles. The van der Waals surface area contributed by atoms with Crippen molar-refractivity contribution in [2.45, 2.75) is 39.2 Å². The smallest absolute Gasteiger partial charge is 0.123 e. The fourth-order valence-electron chi connectivity index (χ4n) is 2.00. The number of aryl methyl sites for hydroxylation is 1. The number of aliphatic hydroxyl groups is 1. The van der Waals surface area contributed by atoms with Crippen LogP contribution in [-0.4, -0.2) is 5.11 Å². The van der Waals surface area contributed by atoms with Crippen molar-refractivity contribution in [2.75, 3.05) is 0 Å². The minimum atomic E-state index is -0.679. The topological polar surface area (TPSA) is 20.2 Å². The Kier molecular flexibility index (Phi) is 3.79. The summed E-state index contributed by atoms with van der Waals surface area (Å²) in [4.78, 5) is 2.14. The molecule has 0 aliphatic rings. The van der Waals surface area contributed by atoms with E-state index in [2.05, 4.69) is 26.8 Å². The summed E-state index contributed by atoms with van der Waals surface area (Å²) in [7, 11) is 0. The molecule has 0 fully saturated rings. The van der Waals surface area contributed by atoms with Crippen LogP contribution in [0.25, 0.3) is 0 Å². The third-order valence-corrected chi connectivity index (χ3v) is 4.73. The van der Waals surface area contributed by atoms with Crippen LogP contribution in [0.4, 0.5) is 4.39 Å². The molecule has 0 aliphatic carbocycles. The highest BCUT2D eigenvalue weighted by Crippen LogP contribution is 2.35. The van der Waals surface area contributed by atoms with Crippen LogP contribution in [0.15, 0.2) is 30.3 Å². The van der Waals surface area contributed by atoms with Gasteiger partial charge in [-0.05, 0) is 47.7 Å². The van der Waals surface area contributed by atoms with E-state index in [9.17, 15) is 9.50 Å². The Bertz CT molecular complexity index is 581. The zero-order chi connectivity index (χ0) is 14.2. The number of halogens is 1. The average Bonchev–Trinajstić information content (AvgIpc) is 2.76. The van der Waals surface area contributed by atoms with E-state index < -0.39 is 6.10 Å². The summed E-state index contributed by atoms with van der Waals surface area (Å²) in [6, 6.07) is 8.52. The SMILES string of the molecule is Cc1cc(F)ccc1C(O)c1ccc(C(C)(C)C)s1. The number of hydrogen-bond donors (Lipinski definition) is 1. The molecule has 19 heavy (non-hydrogen) atoms. The lowest BCUT2D eigenvalue weighted by Crippen LogP contribution is -2.07. The van der Waals surface area contributed by atoms with Crippen LogP contribution in [-0.2, 0) is 5.41 Å². The first-order valence-electron chi connectivity index (χ1n) is 6.33. The molecule has 2 aromatic rings. The van der Waals surface area contributed by atoms with Crippen LogP contribution < -0.4 is 0 Å². The number of benzene rings is 1. The van der Waals surface area contributed by atoms with Crippen LogP contribution in [0, 0.1) is 12.7 Å². The lowest BCUT2D eigenvalue weighted by molar-refractivity contribution is 0.223. The number of rotatable bonds is 2. The summed E-state index contributed by atoms with van der Waals surface area (Å²) < 4.78 is 13.1. The van der Waals surface area contributed by atoms with E-state index in [1.54, 1.807) is 17.4 Å². The molecule has 0 spiro atoms. The molecule has 0 radical (unpaired) electrons. The van der Waals surface area contributed by atoms with Gasteiger partial charge >= 0.3 is 0 Å². The van der Waals surface area contributed by atoms with Crippen LogP contribution in [0.2, 0.25) is 0 Å². The lowest BCUT2D eigenvalue weighted by Gasteiger charge is -2.16. The van der Waals surface area contributed by atoms with E-state index >= 15 is 0 Å². The van der Waals surface area contributed by atoms with Gasteiger partial charge in [0.15, 0.2) is 0 Å². The van der Waals surface area contributed by atoms with Crippen LogP contribution in [0.5, 0.6) is 0 Å². The third kappa shape index (κ3) is 3.04. The van der Waals surface area contributed by atoms with Crippen LogP contribution >= 0.6 is 11.3 Å². The van der Waals surface area contributed by atoms with E-state index in [4.69, 9.17) is 0 Å². The molecule has 0 amide bonds. The number of aliphatic hydroxyl groups excluding tert-OH is 1. The molecule has 1 unspecified atom stereocenters. The van der Waals surface area contributed by atoms with Gasteiger partial charge in [0.05, 0.1) is 0 Å². The molecule has 2 rings (SSSR count). The maximum absolute atomic E-state index is 13.1. The lowest BCUT2D eigenvalue weighted by atomic mass is 9.95. The second-order valence-corrected chi connectivity index (χ2v) is 6.97. The van der Waals surface area contributed by atoms with Gasteiger partial charge in [0.1, 0.15) is 11.9 Å². The second kappa shape index (κ2) is 5.06. The third-order valence-electron chi connectivity index (χ3n) is 3.16. The van der Waals surface area contributed by atoms with Crippen LogP contribution in [0.3, 0.4) is 0 Å². The van der Waals surface area contributed by atoms with Crippen molar-refractivity contribution in [3.8, 4) is 0 Å². The van der Waals surface area contributed by atoms with Gasteiger partial charge in [-0.25, -0.2) is 4.39 Å². The first kappa shape index (κ1) is 14.2. The largest absolute Gasteiger partial charge is 0.383 e. The molecule has 1 aromatic carbocycles. The van der Waals surface area contributed by atoms with Gasteiger partial charge in [0, 0.05) is 9.75 Å². The Morgan fingerprint density at radius 2 is 1.84 bits per heavy atom. The van der Waals surface area contributed by atoms with Gasteiger partial charge in [-0.3, -0.25) is 0 Å². The zero-order valence-electron chi connectivity index (χ0n) is 11.7. The highest BCUT2D eigenvalue weighted by Gasteiger charge is 2.20. The molecule has 0 saturated carbocycles. The van der Waals surface area contributed by atoms with E-state index in [0.717, 1.165) is 16.0 Å². The van der Waals surface area contributed by atoms with Gasteiger partial charge in [-0.15, -0.1) is 11.3 Å². The maximum Gasteiger partial charge on any atom is 0.123 e. The van der Waals surface area contributed by atoms with E-state index in [1.165, 1.54) is 17.0 Å². The van der Waals surface area contributed by atoms with Crippen molar-refractivity contribution < 1.29 is 9.50 Å². The van der Waals surface area contributed by atoms with Gasteiger partial charge in [-0.1, -0.05) is 26.8 Å². The molecule has 1 nitrogen and oxygen atoms in total. The Morgan fingerprint density at radius 1 is 1.16 bits per heavy atom. The fraction of sp³-hybridized carbons (Fsp3) is 0.375. The maximum atomic E-state index is 13.1. The minimum absolute atomic E-state index is 0.0838. The monoisotopic (exact) mass is 278 g/mol. The normalized spacial score (nSPS) is 13.6. The van der Waals surface area contributed by atoms with E-state index in [0.29, 0.717) is 0 Å². The standard InChI is InChI=1S/C16H19FOS/c1-10-9-11(17)5-6-12(10)15(18)13-7-8-14(19-13)16(2,3)4/h5-9,15,18H,1-4H3. The summed E-state index contributed by atoms with van der Waals surface area (Å²) in [6.45, 7) is 8.27. The molecule has 0 aliphatic heterocycles. The summed E-state index contributed by atoms with van der Waals surface area (Å²) in [5.74, 6) is -0.269. The van der Waals surface area contributed by atoms with Crippen LogP contribution in [0.1, 0.15) is 47.8 Å². The highest BCUT2D eigenvalue weighted by atomic mass is 32.1. The Morgan fingerprint density at radius 3 is 2.37 bits per heavy atom. The Hall–Kier alpha value is -1.19. The summed E-state index contributed by atoms with van der Waals surface area (Å²) >= 11 is 1.61. The van der Waals surface area contributed by atoms with Crippen molar-refractivity contribution in [3.63, 3.8) is 0 Å². The predicted molar refractivity (Wildman–Crippen MR) is 78.2 cm³/mol. The van der Waals surface area contributed by atoms with Crippen molar-refractivity contribution >= 4 is 11.3 Å². The van der Waals surface area contributed by atoms with E-state index in [1.807, 2.05) is 13.0 Å². The molecular formula is C16H19FOS. The molecule has 0 bridgehead atoms. The Balaban J connectivity index is 2.34. The first-order chi connectivity index (χ1) is 8.79. The zero-order valence-corrected chi connectivity index (χ0v) is 12.5. The number of thiophene rings is 1. The molecule has 102 valence electrons. The van der Waals surface area contributed by atoms with Gasteiger partial charge in [0.25, 0.3) is 0 Å². The summed E-state index contributed by atoms with van der Waals surface area (Å²) in [5.41, 5.74) is 1.63. The van der Waals surface area contributed by atoms with Gasteiger partial charge < -0.3 is 5.11 Å². The predicted octanol–water partition coefficient (Wildman–Crippen LogP) is 4.57. The molecular weight excluding hydrogens is 259 g/mol. The average molecular weight is 278 g/mol. The summed E-state index contributed by atoms with van der Waals surface area (Å²) in [5, 5.41) is 10.4. The molecule has 1 N–H and O–H groups in total. The van der Waals surface area contributed by atoms with Crippen molar-refractivity contribution in [1.29, 1.82) is 0 Å². The van der Waals surface area contributed by atoms with Gasteiger partial charge in [-0.2, -0.15) is 0 Å². The van der Waals surface area contributed by atoms with Crippen molar-refractivity contribution in [1.82, 2.24) is 0 Å². The summed E-state index contributed by atoms with van der Waals surface area (Å²) in [6.07, 6.45) is -0.679. The quantitative estimate of drug-likeness (QED) is 0.853.